The second kappa shape index (κ2) is 55.2. The first-order valence-corrected chi connectivity index (χ1v) is 32.6. The van der Waals surface area contributed by atoms with Crippen LogP contribution in [0.2, 0.25) is 0 Å². The average molecular weight is 1120 g/mol. The highest BCUT2D eigenvalue weighted by Crippen LogP contribution is 2.27. The van der Waals surface area contributed by atoms with Gasteiger partial charge in [-0.05, 0) is 103 Å². The highest BCUT2D eigenvalue weighted by molar-refractivity contribution is 5.74. The van der Waals surface area contributed by atoms with E-state index in [2.05, 4.69) is 69.4 Å². The van der Waals surface area contributed by atoms with Crippen molar-refractivity contribution in [2.75, 3.05) is 13.2 Å². The Morgan fingerprint density at radius 1 is 0.418 bits per heavy atom. The van der Waals surface area contributed by atoms with Crippen LogP contribution >= 0.6 is 0 Å². The fraction of sp³-hybridized carbons (Fsp3) is 0.821. The fourth-order valence-corrected chi connectivity index (χ4v) is 9.80. The van der Waals surface area contributed by atoms with Gasteiger partial charge in [0.1, 0.15) is 18.8 Å². The third-order valence-corrected chi connectivity index (χ3v) is 14.8. The fourth-order valence-electron chi connectivity index (χ4n) is 9.80. The van der Waals surface area contributed by atoms with Crippen LogP contribution < -0.4 is 0 Å². The van der Waals surface area contributed by atoms with Gasteiger partial charge in [-0.3, -0.25) is 14.4 Å². The number of aliphatic carboxylic acids is 1. The van der Waals surface area contributed by atoms with Gasteiger partial charge in [-0.25, -0.2) is 4.79 Å². The maximum absolute atomic E-state index is 13.2. The van der Waals surface area contributed by atoms with Crippen LogP contribution in [0.1, 0.15) is 303 Å². The van der Waals surface area contributed by atoms with Crippen LogP contribution in [-0.2, 0) is 42.9 Å². The molecule has 0 spiro atoms. The molecule has 0 radical (unpaired) electrons. The van der Waals surface area contributed by atoms with Crippen molar-refractivity contribution in [3.63, 3.8) is 0 Å². The topological polar surface area (TPSA) is 175 Å². The van der Waals surface area contributed by atoms with Crippen molar-refractivity contribution in [1.82, 2.24) is 0 Å². The predicted molar refractivity (Wildman–Crippen MR) is 322 cm³/mol. The van der Waals surface area contributed by atoms with Crippen LogP contribution in [0.3, 0.4) is 0 Å². The zero-order valence-electron chi connectivity index (χ0n) is 50.6. The van der Waals surface area contributed by atoms with E-state index in [1.807, 2.05) is 0 Å². The molecule has 6 unspecified atom stereocenters. The highest BCUT2D eigenvalue weighted by Gasteiger charge is 2.50. The molecule has 6 atom stereocenters. The zero-order valence-corrected chi connectivity index (χ0v) is 50.6. The van der Waals surface area contributed by atoms with Gasteiger partial charge in [0.25, 0.3) is 0 Å². The van der Waals surface area contributed by atoms with E-state index in [1.165, 1.54) is 128 Å². The van der Waals surface area contributed by atoms with Crippen molar-refractivity contribution in [3.8, 4) is 0 Å². The minimum atomic E-state index is -1.91. The van der Waals surface area contributed by atoms with Crippen molar-refractivity contribution in [2.45, 2.75) is 340 Å². The summed E-state index contributed by atoms with van der Waals surface area (Å²) >= 11 is 0. The van der Waals surface area contributed by atoms with Gasteiger partial charge in [0.15, 0.2) is 24.6 Å². The first-order valence-electron chi connectivity index (χ1n) is 32.6. The molecule has 12 heteroatoms. The largest absolute Gasteiger partial charge is 0.479 e. The zero-order chi connectivity index (χ0) is 57.5. The number of carboxylic acid groups (broad SMARTS) is 1. The number of aliphatic hydroxyl groups is 2. The number of rotatable bonds is 56. The Labute approximate surface area is 482 Å². The van der Waals surface area contributed by atoms with Crippen molar-refractivity contribution < 1.29 is 58.2 Å². The van der Waals surface area contributed by atoms with Gasteiger partial charge in [-0.2, -0.15) is 0 Å². The van der Waals surface area contributed by atoms with Crippen molar-refractivity contribution >= 4 is 23.9 Å². The molecule has 12 nitrogen and oxygen atoms in total. The van der Waals surface area contributed by atoms with Crippen molar-refractivity contribution in [2.24, 2.45) is 0 Å². The number of aliphatic hydroxyl groups excluding tert-OH is 2. The van der Waals surface area contributed by atoms with E-state index in [9.17, 15) is 34.5 Å². The number of hydrogen-bond acceptors (Lipinski definition) is 11. The van der Waals surface area contributed by atoms with Gasteiger partial charge in [0, 0.05) is 19.3 Å². The molecule has 0 saturated carbocycles. The van der Waals surface area contributed by atoms with Crippen LogP contribution in [0, 0.1) is 0 Å². The van der Waals surface area contributed by atoms with Crippen LogP contribution in [0.4, 0.5) is 0 Å². The summed E-state index contributed by atoms with van der Waals surface area (Å²) in [7, 11) is 0. The molecule has 1 aliphatic heterocycles. The molecule has 0 aromatic heterocycles. The molecule has 1 aliphatic rings. The van der Waals surface area contributed by atoms with E-state index in [1.54, 1.807) is 0 Å². The third kappa shape index (κ3) is 45.0. The van der Waals surface area contributed by atoms with Crippen molar-refractivity contribution in [1.29, 1.82) is 0 Å². The average Bonchev–Trinajstić information content (AvgIpc) is 3.46. The Morgan fingerprint density at radius 2 is 0.759 bits per heavy atom. The molecule has 0 aromatic rings. The summed E-state index contributed by atoms with van der Waals surface area (Å²) in [6.07, 6.45) is 55.0. The Bertz CT molecular complexity index is 1560. The Morgan fingerprint density at radius 3 is 1.19 bits per heavy atom. The smallest absolute Gasteiger partial charge is 0.335 e. The van der Waals surface area contributed by atoms with Crippen LogP contribution in [-0.4, -0.2) is 89.2 Å². The molecule has 1 fully saturated rings. The third-order valence-electron chi connectivity index (χ3n) is 14.8. The second-order valence-corrected chi connectivity index (χ2v) is 22.4. The Kier molecular flexibility index (Phi) is 51.5. The van der Waals surface area contributed by atoms with E-state index < -0.39 is 67.3 Å². The van der Waals surface area contributed by atoms with E-state index in [0.29, 0.717) is 19.3 Å². The van der Waals surface area contributed by atoms with Crippen molar-refractivity contribution in [3.05, 3.63) is 48.6 Å². The lowest BCUT2D eigenvalue weighted by atomic mass is 9.98. The van der Waals surface area contributed by atoms with Gasteiger partial charge >= 0.3 is 23.9 Å². The second-order valence-electron chi connectivity index (χ2n) is 22.4. The molecule has 3 N–H and O–H groups in total. The Balaban J connectivity index is 2.64. The summed E-state index contributed by atoms with van der Waals surface area (Å²) in [4.78, 5) is 51.3. The number of esters is 3. The van der Waals surface area contributed by atoms with Gasteiger partial charge < -0.3 is 39.0 Å². The summed E-state index contributed by atoms with van der Waals surface area (Å²) in [6, 6.07) is 0. The molecule has 79 heavy (non-hydrogen) atoms. The lowest BCUT2D eigenvalue weighted by Gasteiger charge is -2.40. The standard InChI is InChI=1S/C67H118O12/c1-4-7-10-13-16-19-22-25-27-29-30-32-33-36-38-41-44-47-50-53-59(68)75-56-58(77-60(69)54-51-48-45-42-39-35-24-21-18-15-12-9-6-3)57-76-67-65(63(72)62(71)64(79-67)66(73)74)78-61(70)55-52-49-46-43-40-37-34-31-28-26-23-20-17-14-11-8-5-2/h17,20-21,24-28,58,62-65,67,71-72H,4-16,18-19,22-23,29-57H2,1-3H3,(H,73,74)/b20-17-,24-21-,27-25-,28-26-. The van der Waals surface area contributed by atoms with Gasteiger partial charge in [-0.1, -0.05) is 230 Å². The number of ether oxygens (including phenoxy) is 5. The van der Waals surface area contributed by atoms with E-state index >= 15 is 0 Å². The number of hydrogen-bond donors (Lipinski definition) is 3. The first-order chi connectivity index (χ1) is 38.6. The number of carboxylic acids is 1. The number of unbranched alkanes of at least 4 members (excludes halogenated alkanes) is 34. The monoisotopic (exact) mass is 1110 g/mol. The molecule has 0 aliphatic carbocycles. The Hall–Kier alpha value is -3.32. The number of allylic oxidation sites excluding steroid dienone is 8. The molecular formula is C67H118O12. The van der Waals surface area contributed by atoms with Gasteiger partial charge in [0.05, 0.1) is 6.61 Å². The first kappa shape index (κ1) is 73.7. The summed E-state index contributed by atoms with van der Waals surface area (Å²) in [5.41, 5.74) is 0. The van der Waals surface area contributed by atoms with Gasteiger partial charge in [-0.15, -0.1) is 0 Å². The summed E-state index contributed by atoms with van der Waals surface area (Å²) < 4.78 is 28.5. The molecule has 0 bridgehead atoms. The lowest BCUT2D eigenvalue weighted by Crippen LogP contribution is -2.61. The summed E-state index contributed by atoms with van der Waals surface area (Å²) in [5, 5.41) is 31.6. The SMILES string of the molecule is CCCCC/C=C\C/C=C\CCCCCCCCCC(=O)OC1C(OCC(COC(=O)CCCCCCCCCCC/C=C\CCCCCCCC)OC(=O)CCCCCCC/C=C\CCCCCC)OC(C(=O)O)C(O)C1O. The quantitative estimate of drug-likeness (QED) is 0.0228. The molecule has 0 amide bonds. The molecule has 1 saturated heterocycles. The maximum Gasteiger partial charge on any atom is 0.335 e. The molecular weight excluding hydrogens is 997 g/mol. The van der Waals surface area contributed by atoms with E-state index in [-0.39, 0.29) is 25.9 Å². The number of carbonyl (C=O) groups excluding carboxylic acids is 3. The number of carbonyl (C=O) groups is 4. The summed E-state index contributed by atoms with van der Waals surface area (Å²) in [5.74, 6) is -3.12. The van der Waals surface area contributed by atoms with Crippen LogP contribution in [0.5, 0.6) is 0 Å². The molecule has 1 heterocycles. The molecule has 1 rings (SSSR count). The normalized spacial score (nSPS) is 18.1. The van der Waals surface area contributed by atoms with E-state index in [4.69, 9.17) is 23.7 Å². The van der Waals surface area contributed by atoms with Crippen LogP contribution in [0.25, 0.3) is 0 Å². The predicted octanol–water partition coefficient (Wildman–Crippen LogP) is 17.3. The highest BCUT2D eigenvalue weighted by atomic mass is 16.7. The molecule has 0 aromatic carbocycles. The van der Waals surface area contributed by atoms with Crippen LogP contribution in [0.15, 0.2) is 48.6 Å². The lowest BCUT2D eigenvalue weighted by molar-refractivity contribution is -0.301. The van der Waals surface area contributed by atoms with E-state index in [0.717, 1.165) is 116 Å². The maximum atomic E-state index is 13.2. The minimum Gasteiger partial charge on any atom is -0.479 e. The summed E-state index contributed by atoms with van der Waals surface area (Å²) in [6.45, 7) is 5.97. The molecule has 458 valence electrons. The minimum absolute atomic E-state index is 0.0519. The van der Waals surface area contributed by atoms with Gasteiger partial charge in [0.2, 0.25) is 0 Å².